The van der Waals surface area contributed by atoms with Crippen LogP contribution in [0.3, 0.4) is 0 Å². The van der Waals surface area contributed by atoms with E-state index in [1.807, 2.05) is 6.07 Å². The Morgan fingerprint density at radius 1 is 1.11 bits per heavy atom. The second kappa shape index (κ2) is 4.64. The molecule has 0 saturated carbocycles. The molecule has 2 aromatic heterocycles. The minimum absolute atomic E-state index is 0.0111. The molecule has 0 radical (unpaired) electrons. The van der Waals surface area contributed by atoms with Gasteiger partial charge in [0.1, 0.15) is 11.0 Å². The molecule has 0 amide bonds. The Bertz CT molecular complexity index is 694. The van der Waals surface area contributed by atoms with E-state index >= 15 is 0 Å². The van der Waals surface area contributed by atoms with Crippen LogP contribution in [0.5, 0.6) is 11.5 Å². The van der Waals surface area contributed by atoms with Gasteiger partial charge >= 0.3 is 0 Å². The van der Waals surface area contributed by atoms with E-state index in [0.717, 1.165) is 15.0 Å². The van der Waals surface area contributed by atoms with Crippen LogP contribution in [-0.2, 0) is 6.61 Å². The third-order valence-corrected chi connectivity index (χ3v) is 4.05. The second-order valence-electron chi connectivity index (χ2n) is 3.93. The van der Waals surface area contributed by atoms with E-state index in [0.29, 0.717) is 22.5 Å². The molecule has 19 heavy (non-hydrogen) atoms. The first-order valence-electron chi connectivity index (χ1n) is 5.68. The quantitative estimate of drug-likeness (QED) is 0.795. The SMILES string of the molecule is COc1c2cc(CO)sc2c(OC)c2nccnc12. The summed E-state index contributed by atoms with van der Waals surface area (Å²) in [6, 6.07) is 1.90. The zero-order chi connectivity index (χ0) is 13.4. The van der Waals surface area contributed by atoms with Gasteiger partial charge in [-0.25, -0.2) is 9.97 Å². The van der Waals surface area contributed by atoms with E-state index in [9.17, 15) is 5.11 Å². The van der Waals surface area contributed by atoms with Crippen molar-refractivity contribution in [2.75, 3.05) is 14.2 Å². The number of thiophene rings is 1. The molecule has 0 fully saturated rings. The molecule has 98 valence electrons. The maximum Gasteiger partial charge on any atom is 0.164 e. The lowest BCUT2D eigenvalue weighted by Crippen LogP contribution is -1.94. The van der Waals surface area contributed by atoms with Crippen molar-refractivity contribution in [3.63, 3.8) is 0 Å². The van der Waals surface area contributed by atoms with Crippen molar-refractivity contribution in [3.8, 4) is 11.5 Å². The first-order valence-corrected chi connectivity index (χ1v) is 6.49. The Labute approximate surface area is 113 Å². The number of nitrogens with zero attached hydrogens (tertiary/aromatic N) is 2. The van der Waals surface area contributed by atoms with Gasteiger partial charge in [-0.2, -0.15) is 0 Å². The van der Waals surface area contributed by atoms with Crippen molar-refractivity contribution in [1.82, 2.24) is 9.97 Å². The predicted molar refractivity (Wildman–Crippen MR) is 73.9 cm³/mol. The van der Waals surface area contributed by atoms with Gasteiger partial charge in [0, 0.05) is 22.7 Å². The molecule has 3 aromatic rings. The highest BCUT2D eigenvalue weighted by atomic mass is 32.1. The maximum atomic E-state index is 9.30. The molecule has 0 aliphatic rings. The molecule has 0 aliphatic heterocycles. The molecule has 6 heteroatoms. The van der Waals surface area contributed by atoms with Crippen LogP contribution in [0, 0.1) is 0 Å². The maximum absolute atomic E-state index is 9.30. The molecule has 0 unspecified atom stereocenters. The van der Waals surface area contributed by atoms with E-state index in [4.69, 9.17) is 9.47 Å². The van der Waals surface area contributed by atoms with Gasteiger partial charge in [-0.3, -0.25) is 0 Å². The summed E-state index contributed by atoms with van der Waals surface area (Å²) >= 11 is 1.47. The normalized spacial score (nSPS) is 11.1. The zero-order valence-corrected chi connectivity index (χ0v) is 11.3. The number of benzene rings is 1. The zero-order valence-electron chi connectivity index (χ0n) is 10.5. The number of aliphatic hydroxyl groups excluding tert-OH is 1. The number of hydrogen-bond acceptors (Lipinski definition) is 6. The smallest absolute Gasteiger partial charge is 0.164 e. The fourth-order valence-corrected chi connectivity index (χ4v) is 3.20. The van der Waals surface area contributed by atoms with Gasteiger partial charge in [0.2, 0.25) is 0 Å². The van der Waals surface area contributed by atoms with E-state index in [2.05, 4.69) is 9.97 Å². The summed E-state index contributed by atoms with van der Waals surface area (Å²) in [6.45, 7) is -0.0111. The number of fused-ring (bicyclic) bond motifs is 2. The summed E-state index contributed by atoms with van der Waals surface area (Å²) in [5.41, 5.74) is 1.33. The second-order valence-corrected chi connectivity index (χ2v) is 5.07. The van der Waals surface area contributed by atoms with Crippen molar-refractivity contribution in [2.24, 2.45) is 0 Å². The highest BCUT2D eigenvalue weighted by molar-refractivity contribution is 7.19. The average molecular weight is 276 g/mol. The lowest BCUT2D eigenvalue weighted by atomic mass is 10.2. The van der Waals surface area contributed by atoms with E-state index in [1.54, 1.807) is 26.6 Å². The summed E-state index contributed by atoms with van der Waals surface area (Å²) in [7, 11) is 3.21. The largest absolute Gasteiger partial charge is 0.494 e. The average Bonchev–Trinajstić information content (AvgIpc) is 2.88. The molecule has 5 nitrogen and oxygen atoms in total. The lowest BCUT2D eigenvalue weighted by molar-refractivity contribution is 0.285. The molecule has 2 heterocycles. The van der Waals surface area contributed by atoms with Gasteiger partial charge < -0.3 is 14.6 Å². The molecule has 0 saturated heterocycles. The Morgan fingerprint density at radius 2 is 1.74 bits per heavy atom. The van der Waals surface area contributed by atoms with Crippen LogP contribution < -0.4 is 9.47 Å². The fraction of sp³-hybridized carbons (Fsp3) is 0.231. The van der Waals surface area contributed by atoms with Crippen LogP contribution >= 0.6 is 11.3 Å². The molecular weight excluding hydrogens is 264 g/mol. The summed E-state index contributed by atoms with van der Waals surface area (Å²) in [5.74, 6) is 1.33. The van der Waals surface area contributed by atoms with Crippen molar-refractivity contribution in [2.45, 2.75) is 6.61 Å². The van der Waals surface area contributed by atoms with Crippen molar-refractivity contribution in [1.29, 1.82) is 0 Å². The predicted octanol–water partition coefficient (Wildman–Crippen LogP) is 2.35. The van der Waals surface area contributed by atoms with Gasteiger partial charge in [-0.05, 0) is 6.07 Å². The van der Waals surface area contributed by atoms with Crippen molar-refractivity contribution >= 4 is 32.5 Å². The molecule has 0 bridgehead atoms. The van der Waals surface area contributed by atoms with Crippen LogP contribution in [0.15, 0.2) is 18.5 Å². The number of hydrogen-bond donors (Lipinski definition) is 1. The van der Waals surface area contributed by atoms with Gasteiger partial charge in [0.15, 0.2) is 11.5 Å². The molecule has 0 aliphatic carbocycles. The van der Waals surface area contributed by atoms with Gasteiger partial charge in [-0.15, -0.1) is 11.3 Å². The van der Waals surface area contributed by atoms with Gasteiger partial charge in [0.05, 0.1) is 25.5 Å². The molecule has 0 atom stereocenters. The minimum Gasteiger partial charge on any atom is -0.494 e. The van der Waals surface area contributed by atoms with Gasteiger partial charge in [-0.1, -0.05) is 0 Å². The highest BCUT2D eigenvalue weighted by Crippen LogP contribution is 2.44. The number of methoxy groups -OCH3 is 2. The summed E-state index contributed by atoms with van der Waals surface area (Å²) in [6.07, 6.45) is 3.24. The van der Waals surface area contributed by atoms with Crippen molar-refractivity contribution < 1.29 is 14.6 Å². The van der Waals surface area contributed by atoms with Crippen LogP contribution in [0.1, 0.15) is 4.88 Å². The van der Waals surface area contributed by atoms with Crippen LogP contribution in [0.2, 0.25) is 0 Å². The van der Waals surface area contributed by atoms with Crippen LogP contribution in [-0.4, -0.2) is 29.3 Å². The highest BCUT2D eigenvalue weighted by Gasteiger charge is 2.19. The Kier molecular flexibility index (Phi) is 2.96. The summed E-state index contributed by atoms with van der Waals surface area (Å²) in [4.78, 5) is 9.49. The molecule has 0 spiro atoms. The van der Waals surface area contributed by atoms with E-state index in [-0.39, 0.29) is 6.61 Å². The number of rotatable bonds is 3. The van der Waals surface area contributed by atoms with Crippen molar-refractivity contribution in [3.05, 3.63) is 23.3 Å². The third kappa shape index (κ3) is 1.72. The molecule has 3 rings (SSSR count). The minimum atomic E-state index is -0.0111. The summed E-state index contributed by atoms with van der Waals surface area (Å²) < 4.78 is 11.8. The Morgan fingerprint density at radius 3 is 2.32 bits per heavy atom. The first kappa shape index (κ1) is 12.1. The van der Waals surface area contributed by atoms with Crippen LogP contribution in [0.4, 0.5) is 0 Å². The standard InChI is InChI=1S/C13H12N2O3S/c1-17-11-8-5-7(6-16)19-13(8)12(18-2)10-9(11)14-3-4-15-10/h3-5,16H,6H2,1-2H3. The number of ether oxygens (including phenoxy) is 2. The Hall–Kier alpha value is -1.92. The topological polar surface area (TPSA) is 64.5 Å². The van der Waals surface area contributed by atoms with E-state index < -0.39 is 0 Å². The molecule has 1 N–H and O–H groups in total. The lowest BCUT2D eigenvalue weighted by Gasteiger charge is -2.10. The number of aliphatic hydroxyl groups is 1. The van der Waals surface area contributed by atoms with E-state index in [1.165, 1.54) is 11.3 Å². The summed E-state index contributed by atoms with van der Waals surface area (Å²) in [5, 5.41) is 10.2. The monoisotopic (exact) mass is 276 g/mol. The Balaban J connectivity index is 2.54. The third-order valence-electron chi connectivity index (χ3n) is 2.93. The van der Waals surface area contributed by atoms with Crippen LogP contribution in [0.25, 0.3) is 21.1 Å². The molecule has 1 aromatic carbocycles. The number of aromatic nitrogens is 2. The molecular formula is C13H12N2O3S. The fourth-order valence-electron chi connectivity index (χ4n) is 2.16. The van der Waals surface area contributed by atoms with Gasteiger partial charge in [0.25, 0.3) is 0 Å². The first-order chi connectivity index (χ1) is 9.30.